The number of carbonyl (C=O) groups excluding carboxylic acids is 1. The highest BCUT2D eigenvalue weighted by Gasteiger charge is 2.21. The highest BCUT2D eigenvalue weighted by molar-refractivity contribution is 7.99. The topological polar surface area (TPSA) is 75.4 Å². The minimum absolute atomic E-state index is 0.227. The molecule has 1 aliphatic heterocycles. The lowest BCUT2D eigenvalue weighted by Crippen LogP contribution is -2.49. The molecule has 2 aromatic heterocycles. The monoisotopic (exact) mass is 423 g/mol. The van der Waals surface area contributed by atoms with Gasteiger partial charge in [-0.3, -0.25) is 4.79 Å². The first-order valence-corrected chi connectivity index (χ1v) is 11.2. The lowest BCUT2D eigenvalue weighted by molar-refractivity contribution is -0.131. The summed E-state index contributed by atoms with van der Waals surface area (Å²) in [6.45, 7) is 5.00. The number of aryl methyl sites for hydroxylation is 1. The van der Waals surface area contributed by atoms with Crippen molar-refractivity contribution >= 4 is 23.5 Å². The van der Waals surface area contributed by atoms with Crippen LogP contribution >= 0.6 is 11.8 Å². The first-order chi connectivity index (χ1) is 14.7. The number of anilines is 1. The van der Waals surface area contributed by atoms with E-state index in [0.717, 1.165) is 43.3 Å². The number of benzene rings is 1. The van der Waals surface area contributed by atoms with Gasteiger partial charge in [-0.05, 0) is 24.3 Å². The van der Waals surface area contributed by atoms with Gasteiger partial charge in [0.2, 0.25) is 17.6 Å². The van der Waals surface area contributed by atoms with Crippen molar-refractivity contribution < 1.29 is 9.32 Å². The Morgan fingerprint density at radius 3 is 2.57 bits per heavy atom. The summed E-state index contributed by atoms with van der Waals surface area (Å²) in [4.78, 5) is 26.8. The molecule has 0 bridgehead atoms. The second-order valence-electron chi connectivity index (χ2n) is 7.05. The van der Waals surface area contributed by atoms with Crippen LogP contribution in [0.5, 0.6) is 0 Å². The molecule has 30 heavy (non-hydrogen) atoms. The van der Waals surface area contributed by atoms with Gasteiger partial charge in [0.05, 0.1) is 0 Å². The summed E-state index contributed by atoms with van der Waals surface area (Å²) in [6, 6.07) is 14.1. The van der Waals surface area contributed by atoms with Crippen LogP contribution in [0.3, 0.4) is 0 Å². The standard InChI is InChI=1S/C22H25N5O2S/c1-2-20-24-22(25-29-20)17-8-9-19(23-16-17)26-11-13-27(14-12-26)21(28)10-15-30-18-6-4-3-5-7-18/h3-9,16H,2,10-15H2,1H3. The Labute approximate surface area is 180 Å². The van der Waals surface area contributed by atoms with Crippen LogP contribution in [-0.4, -0.2) is 57.9 Å². The Morgan fingerprint density at radius 1 is 1.10 bits per heavy atom. The molecule has 0 unspecified atom stereocenters. The van der Waals surface area contributed by atoms with Gasteiger partial charge in [-0.1, -0.05) is 30.3 Å². The number of carbonyl (C=O) groups is 1. The molecule has 0 spiro atoms. The molecule has 1 aliphatic rings. The molecular formula is C22H25N5O2S. The summed E-state index contributed by atoms with van der Waals surface area (Å²) >= 11 is 1.73. The molecule has 8 heteroatoms. The fourth-order valence-corrected chi connectivity index (χ4v) is 4.20. The molecule has 1 fully saturated rings. The zero-order valence-electron chi connectivity index (χ0n) is 17.0. The minimum Gasteiger partial charge on any atom is -0.353 e. The fraction of sp³-hybridized carbons (Fsp3) is 0.364. The van der Waals surface area contributed by atoms with Crippen molar-refractivity contribution in [2.24, 2.45) is 0 Å². The quantitative estimate of drug-likeness (QED) is 0.538. The molecule has 0 saturated carbocycles. The Kier molecular flexibility index (Phi) is 6.63. The molecule has 0 aliphatic carbocycles. The third-order valence-corrected chi connectivity index (χ3v) is 6.07. The van der Waals surface area contributed by atoms with Crippen molar-refractivity contribution in [2.45, 2.75) is 24.7 Å². The molecule has 4 rings (SSSR count). The highest BCUT2D eigenvalue weighted by atomic mass is 32.2. The van der Waals surface area contributed by atoms with Gasteiger partial charge in [0.25, 0.3) is 0 Å². The summed E-state index contributed by atoms with van der Waals surface area (Å²) in [7, 11) is 0. The predicted octanol–water partition coefficient (Wildman–Crippen LogP) is 3.53. The van der Waals surface area contributed by atoms with E-state index < -0.39 is 0 Å². The van der Waals surface area contributed by atoms with E-state index in [2.05, 4.69) is 32.2 Å². The largest absolute Gasteiger partial charge is 0.353 e. The maximum Gasteiger partial charge on any atom is 0.226 e. The zero-order chi connectivity index (χ0) is 20.8. The van der Waals surface area contributed by atoms with Crippen LogP contribution in [0.2, 0.25) is 0 Å². The molecule has 1 aromatic carbocycles. The van der Waals surface area contributed by atoms with Crippen molar-refractivity contribution in [1.82, 2.24) is 20.0 Å². The van der Waals surface area contributed by atoms with Crippen LogP contribution in [0.15, 0.2) is 58.1 Å². The van der Waals surface area contributed by atoms with E-state index in [9.17, 15) is 4.79 Å². The fourth-order valence-electron chi connectivity index (χ4n) is 3.34. The van der Waals surface area contributed by atoms with E-state index in [4.69, 9.17) is 4.52 Å². The average molecular weight is 424 g/mol. The predicted molar refractivity (Wildman–Crippen MR) is 117 cm³/mol. The van der Waals surface area contributed by atoms with Gasteiger partial charge in [-0.2, -0.15) is 4.98 Å². The van der Waals surface area contributed by atoms with Gasteiger partial charge in [-0.25, -0.2) is 4.98 Å². The lowest BCUT2D eigenvalue weighted by atomic mass is 10.2. The molecule has 3 heterocycles. The van der Waals surface area contributed by atoms with Gasteiger partial charge in [0.15, 0.2) is 0 Å². The number of hydrogen-bond donors (Lipinski definition) is 0. The van der Waals surface area contributed by atoms with Crippen molar-refractivity contribution in [3.8, 4) is 11.4 Å². The van der Waals surface area contributed by atoms with Gasteiger partial charge in [0.1, 0.15) is 5.82 Å². The molecule has 156 valence electrons. The summed E-state index contributed by atoms with van der Waals surface area (Å²) in [5, 5.41) is 3.99. The smallest absolute Gasteiger partial charge is 0.226 e. The number of piperazine rings is 1. The summed E-state index contributed by atoms with van der Waals surface area (Å²) < 4.78 is 5.16. The first kappa shape index (κ1) is 20.4. The Balaban J connectivity index is 1.25. The summed E-state index contributed by atoms with van der Waals surface area (Å²) in [5.41, 5.74) is 0.840. The number of amides is 1. The van der Waals surface area contributed by atoms with Gasteiger partial charge < -0.3 is 14.3 Å². The summed E-state index contributed by atoms with van der Waals surface area (Å²) in [6.07, 6.45) is 3.06. The van der Waals surface area contributed by atoms with Crippen molar-refractivity contribution in [1.29, 1.82) is 0 Å². The van der Waals surface area contributed by atoms with Crippen LogP contribution in [-0.2, 0) is 11.2 Å². The lowest BCUT2D eigenvalue weighted by Gasteiger charge is -2.35. The molecule has 3 aromatic rings. The van der Waals surface area contributed by atoms with Crippen LogP contribution in [0, 0.1) is 0 Å². The SMILES string of the molecule is CCc1nc(-c2ccc(N3CCN(C(=O)CCSc4ccccc4)CC3)nc2)no1. The molecule has 7 nitrogen and oxygen atoms in total. The normalized spacial score (nSPS) is 14.2. The van der Waals surface area contributed by atoms with E-state index in [-0.39, 0.29) is 5.91 Å². The number of hydrogen-bond acceptors (Lipinski definition) is 7. The van der Waals surface area contributed by atoms with Gasteiger partial charge in [-0.15, -0.1) is 11.8 Å². The minimum atomic E-state index is 0.227. The molecule has 1 amide bonds. The van der Waals surface area contributed by atoms with E-state index in [1.54, 1.807) is 18.0 Å². The van der Waals surface area contributed by atoms with E-state index in [0.29, 0.717) is 24.6 Å². The second-order valence-corrected chi connectivity index (χ2v) is 8.22. The van der Waals surface area contributed by atoms with Crippen molar-refractivity contribution in [3.63, 3.8) is 0 Å². The maximum absolute atomic E-state index is 12.5. The molecule has 0 radical (unpaired) electrons. The Hall–Kier alpha value is -2.87. The Morgan fingerprint density at radius 2 is 1.90 bits per heavy atom. The number of pyridine rings is 1. The van der Waals surface area contributed by atoms with E-state index in [1.165, 1.54) is 4.90 Å². The number of thioether (sulfide) groups is 1. The van der Waals surface area contributed by atoms with Gasteiger partial charge >= 0.3 is 0 Å². The molecule has 1 saturated heterocycles. The average Bonchev–Trinajstić information content (AvgIpc) is 3.29. The first-order valence-electron chi connectivity index (χ1n) is 10.2. The Bertz CT molecular complexity index is 953. The third kappa shape index (κ3) is 4.99. The van der Waals surface area contributed by atoms with Crippen LogP contribution in [0.25, 0.3) is 11.4 Å². The maximum atomic E-state index is 12.5. The van der Waals surface area contributed by atoms with Crippen LogP contribution in [0.4, 0.5) is 5.82 Å². The van der Waals surface area contributed by atoms with E-state index in [1.807, 2.05) is 42.2 Å². The van der Waals surface area contributed by atoms with Crippen LogP contribution < -0.4 is 4.90 Å². The summed E-state index contributed by atoms with van der Waals surface area (Å²) in [5.74, 6) is 3.13. The third-order valence-electron chi connectivity index (χ3n) is 5.06. The van der Waals surface area contributed by atoms with Crippen molar-refractivity contribution in [3.05, 3.63) is 54.6 Å². The van der Waals surface area contributed by atoms with Gasteiger partial charge in [0, 0.05) is 61.4 Å². The number of nitrogens with zero attached hydrogens (tertiary/aromatic N) is 5. The number of rotatable bonds is 7. The van der Waals surface area contributed by atoms with Crippen LogP contribution in [0.1, 0.15) is 19.2 Å². The zero-order valence-corrected chi connectivity index (χ0v) is 17.8. The highest BCUT2D eigenvalue weighted by Crippen LogP contribution is 2.21. The molecule has 0 atom stereocenters. The number of aromatic nitrogens is 3. The molecular weight excluding hydrogens is 398 g/mol. The van der Waals surface area contributed by atoms with Crippen molar-refractivity contribution in [2.75, 3.05) is 36.8 Å². The second kappa shape index (κ2) is 9.75. The van der Waals surface area contributed by atoms with E-state index >= 15 is 0 Å². The molecule has 0 N–H and O–H groups in total.